The van der Waals surface area contributed by atoms with Gasteiger partial charge in [-0.05, 0) is 6.07 Å². The van der Waals surface area contributed by atoms with Crippen LogP contribution >= 0.6 is 0 Å². The Morgan fingerprint density at radius 3 is 2.23 bits per heavy atom. The monoisotopic (exact) mass is 425 g/mol. The van der Waals surface area contributed by atoms with E-state index in [9.17, 15) is 14.0 Å². The van der Waals surface area contributed by atoms with E-state index in [1.807, 2.05) is 0 Å². The number of pyridine rings is 2. The molecule has 0 spiro atoms. The van der Waals surface area contributed by atoms with Crippen molar-refractivity contribution in [2.45, 2.75) is 0 Å². The van der Waals surface area contributed by atoms with Gasteiger partial charge in [-0.3, -0.25) is 9.59 Å². The molecule has 8 nitrogen and oxygen atoms in total. The van der Waals surface area contributed by atoms with E-state index in [0.29, 0.717) is 27.8 Å². The number of H-pyrrole nitrogens is 1. The molecule has 0 radical (unpaired) electrons. The molecule has 0 atom stereocenters. The number of ether oxygens (including phenoxy) is 3. The quantitative estimate of drug-likeness (QED) is 0.531. The number of halogens is 1. The molecule has 3 aromatic heterocycles. The Kier molecular flexibility index (Phi) is 5.02. The highest BCUT2D eigenvalue weighted by molar-refractivity contribution is 5.95. The summed E-state index contributed by atoms with van der Waals surface area (Å²) in [4.78, 5) is 27.8. The molecule has 0 amide bonds. The lowest BCUT2D eigenvalue weighted by Gasteiger charge is -2.18. The molecular weight excluding hydrogens is 405 g/mol. The van der Waals surface area contributed by atoms with Crippen molar-refractivity contribution in [1.29, 1.82) is 0 Å². The highest BCUT2D eigenvalue weighted by Gasteiger charge is 2.20. The smallest absolute Gasteiger partial charge is 0.274 e. The predicted molar refractivity (Wildman–Crippen MR) is 114 cm³/mol. The van der Waals surface area contributed by atoms with E-state index in [1.54, 1.807) is 32.6 Å². The summed E-state index contributed by atoms with van der Waals surface area (Å²) >= 11 is 0. The largest absolute Gasteiger partial charge is 0.493 e. The van der Waals surface area contributed by atoms with Crippen molar-refractivity contribution in [3.8, 4) is 34.1 Å². The normalized spacial score (nSPS) is 11.0. The molecule has 4 rings (SSSR count). The molecule has 1 N–H and O–H groups in total. The maximum absolute atomic E-state index is 13.9. The van der Waals surface area contributed by atoms with Crippen molar-refractivity contribution in [3.05, 3.63) is 69.4 Å². The lowest BCUT2D eigenvalue weighted by atomic mass is 10.0. The molecule has 0 bridgehead atoms. The van der Waals surface area contributed by atoms with Crippen LogP contribution in [-0.4, -0.2) is 28.3 Å². The van der Waals surface area contributed by atoms with Gasteiger partial charge in [-0.1, -0.05) is 0 Å². The van der Waals surface area contributed by atoms with Crippen LogP contribution in [0.2, 0.25) is 0 Å². The zero-order valence-corrected chi connectivity index (χ0v) is 17.4. The Labute approximate surface area is 176 Å². The molecule has 0 unspecified atom stereocenters. The minimum absolute atomic E-state index is 0.129. The number of hydrogen-bond acceptors (Lipinski definition) is 5. The molecule has 1 aromatic carbocycles. The number of rotatable bonds is 5. The van der Waals surface area contributed by atoms with Crippen molar-refractivity contribution in [2.24, 2.45) is 14.1 Å². The van der Waals surface area contributed by atoms with Crippen LogP contribution in [0.5, 0.6) is 23.0 Å². The van der Waals surface area contributed by atoms with E-state index < -0.39 is 5.82 Å². The van der Waals surface area contributed by atoms with E-state index in [2.05, 4.69) is 4.98 Å². The Bertz CT molecular complexity index is 1390. The molecule has 0 aliphatic carbocycles. The zero-order chi connectivity index (χ0) is 22.3. The fourth-order valence-corrected chi connectivity index (χ4v) is 3.44. The van der Waals surface area contributed by atoms with Crippen molar-refractivity contribution in [1.82, 2.24) is 14.1 Å². The van der Waals surface area contributed by atoms with Gasteiger partial charge >= 0.3 is 0 Å². The number of nitrogens with one attached hydrogen (secondary N) is 1. The topological polar surface area (TPSA) is 87.5 Å². The van der Waals surface area contributed by atoms with Crippen molar-refractivity contribution >= 4 is 10.9 Å². The number of fused-ring (bicyclic) bond motifs is 1. The second-order valence-electron chi connectivity index (χ2n) is 6.97. The highest BCUT2D eigenvalue weighted by atomic mass is 19.1. The zero-order valence-electron chi connectivity index (χ0n) is 17.4. The second-order valence-corrected chi connectivity index (χ2v) is 6.97. The van der Waals surface area contributed by atoms with E-state index in [4.69, 9.17) is 14.2 Å². The van der Waals surface area contributed by atoms with E-state index in [-0.39, 0.29) is 28.4 Å². The van der Waals surface area contributed by atoms with Crippen LogP contribution in [0.25, 0.3) is 22.0 Å². The Hall–Kier alpha value is -4.01. The maximum Gasteiger partial charge on any atom is 0.274 e. The first kappa shape index (κ1) is 20.3. The number of aromatic nitrogens is 3. The first-order chi connectivity index (χ1) is 14.8. The van der Waals surface area contributed by atoms with E-state index in [1.165, 1.54) is 47.7 Å². The van der Waals surface area contributed by atoms with Crippen LogP contribution in [0.1, 0.15) is 0 Å². The summed E-state index contributed by atoms with van der Waals surface area (Å²) in [6, 6.07) is 5.53. The highest BCUT2D eigenvalue weighted by Crippen LogP contribution is 2.43. The van der Waals surface area contributed by atoms with Gasteiger partial charge in [0, 0.05) is 61.2 Å². The van der Waals surface area contributed by atoms with Crippen LogP contribution in [-0.2, 0) is 14.1 Å². The molecule has 160 valence electrons. The molecule has 0 aliphatic heterocycles. The van der Waals surface area contributed by atoms with Gasteiger partial charge in [0.2, 0.25) is 5.75 Å². The summed E-state index contributed by atoms with van der Waals surface area (Å²) in [6.45, 7) is 0. The number of benzene rings is 1. The first-order valence-corrected chi connectivity index (χ1v) is 9.31. The third-order valence-electron chi connectivity index (χ3n) is 5.01. The van der Waals surface area contributed by atoms with Gasteiger partial charge in [0.05, 0.1) is 20.4 Å². The first-order valence-electron chi connectivity index (χ1n) is 9.31. The van der Waals surface area contributed by atoms with Gasteiger partial charge in [-0.2, -0.15) is 0 Å². The van der Waals surface area contributed by atoms with E-state index >= 15 is 0 Å². The third kappa shape index (κ3) is 3.43. The molecule has 0 fully saturated rings. The van der Waals surface area contributed by atoms with Gasteiger partial charge < -0.3 is 28.3 Å². The maximum atomic E-state index is 13.9. The predicted octanol–water partition coefficient (Wildman–Crippen LogP) is 3.18. The number of methoxy groups -OCH3 is 2. The van der Waals surface area contributed by atoms with Gasteiger partial charge in [0.1, 0.15) is 11.3 Å². The summed E-state index contributed by atoms with van der Waals surface area (Å²) in [7, 11) is 5.99. The minimum atomic E-state index is -0.547. The van der Waals surface area contributed by atoms with Gasteiger partial charge in [0.25, 0.3) is 11.1 Å². The molecule has 31 heavy (non-hydrogen) atoms. The lowest BCUT2D eigenvalue weighted by molar-refractivity contribution is 0.341. The van der Waals surface area contributed by atoms with Crippen LogP contribution < -0.4 is 25.3 Å². The van der Waals surface area contributed by atoms with Crippen LogP contribution in [0, 0.1) is 5.82 Å². The van der Waals surface area contributed by atoms with Crippen molar-refractivity contribution < 1.29 is 18.6 Å². The summed E-state index contributed by atoms with van der Waals surface area (Å²) in [5, 5.41) is 0.638. The Morgan fingerprint density at radius 2 is 1.58 bits per heavy atom. The minimum Gasteiger partial charge on any atom is -0.493 e. The fraction of sp³-hybridized carbons (Fsp3) is 0.182. The average molecular weight is 425 g/mol. The lowest BCUT2D eigenvalue weighted by Crippen LogP contribution is -2.18. The van der Waals surface area contributed by atoms with Crippen molar-refractivity contribution in [2.75, 3.05) is 14.2 Å². The Morgan fingerprint density at radius 1 is 0.903 bits per heavy atom. The number of hydrogen-bond donors (Lipinski definition) is 1. The summed E-state index contributed by atoms with van der Waals surface area (Å²) < 4.78 is 33.3. The SMILES string of the molecule is COc1cc(F)cc(OC)c1Oc1cn(C)c(=O)cc1-c1cn(C)c(=O)c2[nH]ccc12. The number of aromatic amines is 1. The van der Waals surface area contributed by atoms with Gasteiger partial charge in [-0.25, -0.2) is 4.39 Å². The fourth-order valence-electron chi connectivity index (χ4n) is 3.44. The van der Waals surface area contributed by atoms with Gasteiger partial charge in [-0.15, -0.1) is 0 Å². The molecule has 9 heteroatoms. The number of aryl methyl sites for hydroxylation is 2. The third-order valence-corrected chi connectivity index (χ3v) is 5.01. The molecule has 4 aromatic rings. The molecule has 0 saturated heterocycles. The molecule has 0 saturated carbocycles. The van der Waals surface area contributed by atoms with E-state index in [0.717, 1.165) is 0 Å². The summed E-state index contributed by atoms with van der Waals surface area (Å²) in [6.07, 6.45) is 4.81. The standard InChI is InChI=1S/C22H20FN3O5/c1-25-11-18(31-21-16(29-3)7-12(23)8-17(21)30-4)14(9-19(25)27)15-10-26(2)22(28)20-13(15)5-6-24-20/h5-11,24H,1-4H3. The average Bonchev–Trinajstić information content (AvgIpc) is 3.24. The summed E-state index contributed by atoms with van der Waals surface area (Å²) in [5.74, 6) is 0.162. The van der Waals surface area contributed by atoms with Crippen LogP contribution in [0.3, 0.4) is 0 Å². The number of nitrogens with zero attached hydrogens (tertiary/aromatic N) is 2. The molecule has 3 heterocycles. The summed E-state index contributed by atoms with van der Waals surface area (Å²) in [5.41, 5.74) is 1.02. The molecular formula is C22H20FN3O5. The van der Waals surface area contributed by atoms with Crippen molar-refractivity contribution in [3.63, 3.8) is 0 Å². The van der Waals surface area contributed by atoms with Crippen LogP contribution in [0.4, 0.5) is 4.39 Å². The Balaban J connectivity index is 1.99. The van der Waals surface area contributed by atoms with Gasteiger partial charge in [0.15, 0.2) is 17.2 Å². The van der Waals surface area contributed by atoms with Crippen LogP contribution in [0.15, 0.2) is 52.4 Å². The second kappa shape index (κ2) is 7.67. The molecule has 0 aliphatic rings.